The van der Waals surface area contributed by atoms with Gasteiger partial charge in [0, 0.05) is 12.0 Å². The van der Waals surface area contributed by atoms with Crippen molar-refractivity contribution in [1.29, 1.82) is 0 Å². The van der Waals surface area contributed by atoms with Crippen molar-refractivity contribution in [3.05, 3.63) is 77.4 Å². The molecule has 0 aliphatic heterocycles. The summed E-state index contributed by atoms with van der Waals surface area (Å²) in [4.78, 5) is 0. The fraction of sp³-hybridized carbons (Fsp3) is 0.481. The first-order valence-electron chi connectivity index (χ1n) is 11.0. The van der Waals surface area contributed by atoms with E-state index in [1.165, 1.54) is 42.6 Å². The maximum absolute atomic E-state index is 6.58. The lowest BCUT2D eigenvalue weighted by Gasteiger charge is -2.50. The van der Waals surface area contributed by atoms with Crippen molar-refractivity contribution < 1.29 is 4.74 Å². The monoisotopic (exact) mass is 374 g/mol. The molecule has 1 nitrogen and oxygen atoms in total. The van der Waals surface area contributed by atoms with Gasteiger partial charge in [0.15, 0.2) is 0 Å². The van der Waals surface area contributed by atoms with E-state index < -0.39 is 0 Å². The maximum Gasteiger partial charge on any atom is 0.126 e. The van der Waals surface area contributed by atoms with Crippen molar-refractivity contribution in [3.8, 4) is 0 Å². The van der Waals surface area contributed by atoms with Gasteiger partial charge in [0.1, 0.15) is 5.76 Å². The summed E-state index contributed by atoms with van der Waals surface area (Å²) in [5, 5.41) is 0. The normalized spacial score (nSPS) is 31.3. The van der Waals surface area contributed by atoms with Crippen LogP contribution in [0.25, 0.3) is 5.76 Å². The zero-order valence-corrected chi connectivity index (χ0v) is 17.7. The second kappa shape index (κ2) is 8.15. The van der Waals surface area contributed by atoms with Crippen LogP contribution < -0.4 is 0 Å². The molecule has 28 heavy (non-hydrogen) atoms. The van der Waals surface area contributed by atoms with Crippen LogP contribution in [-0.2, 0) is 11.2 Å². The van der Waals surface area contributed by atoms with Crippen LogP contribution in [0.5, 0.6) is 0 Å². The van der Waals surface area contributed by atoms with Gasteiger partial charge in [-0.1, -0.05) is 81.4 Å². The standard InChI is InChI=1S/C27H34O/c1-20-16-24-19-27(3,17-20)18-21(2)25(24)26(23-12-8-5-9-13-23)28-15-14-22-10-6-4-7-11-22/h4-13,20-21,24H,14-19H2,1-3H3/b26-25-. The zero-order valence-electron chi connectivity index (χ0n) is 17.7. The van der Waals surface area contributed by atoms with Crippen LogP contribution in [-0.4, -0.2) is 6.61 Å². The van der Waals surface area contributed by atoms with Crippen molar-refractivity contribution in [2.45, 2.75) is 52.9 Å². The van der Waals surface area contributed by atoms with Gasteiger partial charge < -0.3 is 4.74 Å². The first-order valence-corrected chi connectivity index (χ1v) is 11.0. The Kier molecular flexibility index (Phi) is 5.62. The number of hydrogen-bond donors (Lipinski definition) is 0. The van der Waals surface area contributed by atoms with E-state index in [2.05, 4.69) is 81.4 Å². The quantitative estimate of drug-likeness (QED) is 0.505. The topological polar surface area (TPSA) is 9.23 Å². The summed E-state index contributed by atoms with van der Waals surface area (Å²) in [6.07, 6.45) is 6.28. The molecule has 4 rings (SSSR count). The van der Waals surface area contributed by atoms with Crippen LogP contribution in [0.4, 0.5) is 0 Å². The average Bonchev–Trinajstić information content (AvgIpc) is 2.67. The highest BCUT2D eigenvalue weighted by Gasteiger charge is 2.44. The Morgan fingerprint density at radius 1 is 0.929 bits per heavy atom. The van der Waals surface area contributed by atoms with Gasteiger partial charge >= 0.3 is 0 Å². The molecule has 2 aliphatic carbocycles. The number of fused-ring (bicyclic) bond motifs is 2. The summed E-state index contributed by atoms with van der Waals surface area (Å²) in [5.74, 6) is 3.25. The third-order valence-electron chi connectivity index (χ3n) is 6.82. The lowest BCUT2D eigenvalue weighted by Crippen LogP contribution is -2.39. The minimum atomic E-state index is 0.511. The summed E-state index contributed by atoms with van der Waals surface area (Å²) in [5.41, 5.74) is 4.69. The third-order valence-corrected chi connectivity index (χ3v) is 6.82. The Hall–Kier alpha value is -2.02. The van der Waals surface area contributed by atoms with Crippen LogP contribution in [0.3, 0.4) is 0 Å². The number of hydrogen-bond acceptors (Lipinski definition) is 1. The molecule has 2 aromatic rings. The van der Waals surface area contributed by atoms with Gasteiger partial charge in [-0.15, -0.1) is 0 Å². The predicted octanol–water partition coefficient (Wildman–Crippen LogP) is 7.14. The molecule has 2 fully saturated rings. The Balaban J connectivity index is 1.64. The summed E-state index contributed by atoms with van der Waals surface area (Å²) in [7, 11) is 0. The summed E-state index contributed by atoms with van der Waals surface area (Å²) in [6, 6.07) is 21.5. The van der Waals surface area contributed by atoms with E-state index >= 15 is 0 Å². The molecule has 1 heteroatoms. The predicted molar refractivity (Wildman–Crippen MR) is 118 cm³/mol. The van der Waals surface area contributed by atoms with Crippen molar-refractivity contribution in [3.63, 3.8) is 0 Å². The highest BCUT2D eigenvalue weighted by Crippen LogP contribution is 2.56. The molecule has 0 amide bonds. The zero-order chi connectivity index (χ0) is 19.6. The molecule has 2 aromatic carbocycles. The van der Waals surface area contributed by atoms with Crippen LogP contribution in [0.1, 0.15) is 57.6 Å². The molecule has 0 radical (unpaired) electrons. The molecule has 2 saturated carbocycles. The number of ether oxygens (including phenoxy) is 1. The fourth-order valence-electron chi connectivity index (χ4n) is 6.07. The lowest BCUT2D eigenvalue weighted by atomic mass is 9.55. The highest BCUT2D eigenvalue weighted by molar-refractivity contribution is 5.64. The Labute approximate surface area is 170 Å². The molecule has 4 unspecified atom stereocenters. The van der Waals surface area contributed by atoms with E-state index in [4.69, 9.17) is 4.74 Å². The molecule has 0 saturated heterocycles. The van der Waals surface area contributed by atoms with E-state index in [0.717, 1.165) is 18.9 Å². The van der Waals surface area contributed by atoms with Gasteiger partial charge in [-0.3, -0.25) is 0 Å². The van der Waals surface area contributed by atoms with Gasteiger partial charge in [0.05, 0.1) is 6.61 Å². The van der Waals surface area contributed by atoms with E-state index in [1.54, 1.807) is 5.57 Å². The Morgan fingerprint density at radius 2 is 1.61 bits per heavy atom. The van der Waals surface area contributed by atoms with Crippen LogP contribution in [0.2, 0.25) is 0 Å². The van der Waals surface area contributed by atoms with Crippen molar-refractivity contribution in [2.24, 2.45) is 23.2 Å². The lowest BCUT2D eigenvalue weighted by molar-refractivity contribution is 0.0693. The second-order valence-electron chi connectivity index (χ2n) is 9.60. The molecule has 148 valence electrons. The third kappa shape index (κ3) is 4.19. The van der Waals surface area contributed by atoms with Gasteiger partial charge in [0.25, 0.3) is 0 Å². The largest absolute Gasteiger partial charge is 0.493 e. The van der Waals surface area contributed by atoms with E-state index in [9.17, 15) is 0 Å². The molecule has 0 aromatic heterocycles. The SMILES string of the molecule is CC1CC2CC(C)(C1)CC(C)/C2=C(/OCCc1ccccc1)c1ccccc1. The summed E-state index contributed by atoms with van der Waals surface area (Å²) < 4.78 is 6.58. The van der Waals surface area contributed by atoms with Gasteiger partial charge in [0.2, 0.25) is 0 Å². The second-order valence-corrected chi connectivity index (χ2v) is 9.60. The first-order chi connectivity index (χ1) is 13.5. The van der Waals surface area contributed by atoms with E-state index in [1.807, 2.05) is 0 Å². The summed E-state index contributed by atoms with van der Waals surface area (Å²) in [6.45, 7) is 8.13. The van der Waals surface area contributed by atoms with E-state index in [0.29, 0.717) is 17.3 Å². The molecule has 0 N–H and O–H groups in total. The highest BCUT2D eigenvalue weighted by atomic mass is 16.5. The average molecular weight is 375 g/mol. The minimum Gasteiger partial charge on any atom is -0.493 e. The smallest absolute Gasteiger partial charge is 0.126 e. The number of benzene rings is 2. The minimum absolute atomic E-state index is 0.511. The first kappa shape index (κ1) is 19.3. The molecule has 0 spiro atoms. The molecule has 2 aliphatic rings. The molecule has 4 atom stereocenters. The number of allylic oxidation sites excluding steroid dienone is 1. The van der Waals surface area contributed by atoms with Crippen molar-refractivity contribution in [2.75, 3.05) is 6.61 Å². The number of rotatable bonds is 5. The fourth-order valence-corrected chi connectivity index (χ4v) is 6.07. The van der Waals surface area contributed by atoms with Gasteiger partial charge in [-0.2, -0.15) is 0 Å². The van der Waals surface area contributed by atoms with Crippen molar-refractivity contribution >= 4 is 5.76 Å². The molecule has 0 heterocycles. The van der Waals surface area contributed by atoms with Crippen LogP contribution in [0, 0.1) is 23.2 Å². The summed E-state index contributed by atoms with van der Waals surface area (Å²) >= 11 is 0. The molecular weight excluding hydrogens is 340 g/mol. The molecule has 2 bridgehead atoms. The van der Waals surface area contributed by atoms with Gasteiger partial charge in [-0.05, 0) is 60.0 Å². The van der Waals surface area contributed by atoms with Crippen LogP contribution in [0.15, 0.2) is 66.2 Å². The Morgan fingerprint density at radius 3 is 2.32 bits per heavy atom. The molecular formula is C27H34O. The maximum atomic E-state index is 6.58. The van der Waals surface area contributed by atoms with Gasteiger partial charge in [-0.25, -0.2) is 0 Å². The Bertz CT molecular complexity index is 803. The van der Waals surface area contributed by atoms with Crippen molar-refractivity contribution in [1.82, 2.24) is 0 Å². The van der Waals surface area contributed by atoms with E-state index in [-0.39, 0.29) is 0 Å². The van der Waals surface area contributed by atoms with Crippen LogP contribution >= 0.6 is 0 Å².